The lowest BCUT2D eigenvalue weighted by molar-refractivity contribution is -0.697. The molecule has 0 aliphatic carbocycles. The predicted octanol–water partition coefficient (Wildman–Crippen LogP) is 1.00. The van der Waals surface area contributed by atoms with Crippen molar-refractivity contribution in [2.75, 3.05) is 31.1 Å². The highest BCUT2D eigenvalue weighted by molar-refractivity contribution is 8.93. The number of pyridine rings is 3. The molecule has 1 fully saturated rings. The van der Waals surface area contributed by atoms with E-state index in [4.69, 9.17) is 11.5 Å². The minimum absolute atomic E-state index is 0. The highest BCUT2D eigenvalue weighted by atomic mass is 79.9. The molecule has 0 aromatic carbocycles. The molecule has 4 rings (SSSR count). The summed E-state index contributed by atoms with van der Waals surface area (Å²) in [6.45, 7) is 4.90. The summed E-state index contributed by atoms with van der Waals surface area (Å²) < 4.78 is 2.14. The highest BCUT2D eigenvalue weighted by Crippen LogP contribution is 2.25. The molecule has 1 atom stereocenters. The molecular formula is C26H38Br2N6. The molecule has 3 aromatic heterocycles. The molecule has 1 aliphatic heterocycles. The second-order valence-electron chi connectivity index (χ2n) is 8.27. The molecule has 4 N–H and O–H groups in total. The van der Waals surface area contributed by atoms with E-state index in [2.05, 4.69) is 56.1 Å². The fourth-order valence-electron chi connectivity index (χ4n) is 4.08. The molecular weight excluding hydrogens is 556 g/mol. The van der Waals surface area contributed by atoms with Gasteiger partial charge in [0.25, 0.3) is 0 Å². The van der Waals surface area contributed by atoms with Crippen molar-refractivity contribution in [1.82, 2.24) is 9.97 Å². The molecule has 1 saturated heterocycles. The first kappa shape index (κ1) is 30.2. The summed E-state index contributed by atoms with van der Waals surface area (Å²) in [4.78, 5) is 10.9. The summed E-state index contributed by atoms with van der Waals surface area (Å²) >= 11 is 0. The van der Waals surface area contributed by atoms with Crippen molar-refractivity contribution in [1.29, 1.82) is 0 Å². The monoisotopic (exact) mass is 592 g/mol. The molecule has 3 aromatic rings. The predicted molar refractivity (Wildman–Crippen MR) is 141 cm³/mol. The number of nitrogens with zero attached hydrogens (tertiary/aromatic N) is 4. The van der Waals surface area contributed by atoms with E-state index in [0.29, 0.717) is 0 Å². The third-order valence-electron chi connectivity index (χ3n) is 5.84. The van der Waals surface area contributed by atoms with Crippen molar-refractivity contribution in [2.24, 2.45) is 17.4 Å². The summed E-state index contributed by atoms with van der Waals surface area (Å²) in [7, 11) is 0. The Morgan fingerprint density at radius 2 is 1.68 bits per heavy atom. The number of aromatic nitrogens is 3. The number of anilines is 1. The van der Waals surface area contributed by atoms with Gasteiger partial charge in [-0.3, -0.25) is 9.97 Å². The number of hydrogen-bond donors (Lipinski definition) is 2. The molecule has 6 nitrogen and oxygen atoms in total. The molecule has 34 heavy (non-hydrogen) atoms. The van der Waals surface area contributed by atoms with Gasteiger partial charge in [0.15, 0.2) is 12.4 Å². The van der Waals surface area contributed by atoms with Crippen LogP contribution in [-0.4, -0.2) is 36.1 Å². The lowest BCUT2D eigenvalue weighted by atomic mass is 9.93. The van der Waals surface area contributed by atoms with E-state index in [0.717, 1.165) is 49.7 Å². The number of nitrogens with two attached hydrogens (primary N) is 2. The quantitative estimate of drug-likeness (QED) is 0.381. The van der Waals surface area contributed by atoms with Gasteiger partial charge in [0, 0.05) is 61.5 Å². The summed E-state index contributed by atoms with van der Waals surface area (Å²) in [5, 5.41) is 0. The van der Waals surface area contributed by atoms with E-state index in [1.807, 2.05) is 36.8 Å². The fourth-order valence-corrected chi connectivity index (χ4v) is 4.08. The lowest BCUT2D eigenvalue weighted by Gasteiger charge is -2.34. The molecule has 186 valence electrons. The van der Waals surface area contributed by atoms with Crippen LogP contribution in [0.5, 0.6) is 0 Å². The highest BCUT2D eigenvalue weighted by Gasteiger charge is 2.19. The Kier molecular flexibility index (Phi) is 15.6. The van der Waals surface area contributed by atoms with Gasteiger partial charge in [0.05, 0.1) is 5.69 Å². The first-order chi connectivity index (χ1) is 15.8. The topological polar surface area (TPSA) is 84.9 Å². The third kappa shape index (κ3) is 10.2. The number of rotatable bonds is 8. The van der Waals surface area contributed by atoms with Gasteiger partial charge in [-0.25, -0.2) is 4.57 Å². The van der Waals surface area contributed by atoms with Crippen LogP contribution in [0.4, 0.5) is 5.69 Å². The Bertz CT molecular complexity index is 881. The first-order valence-electron chi connectivity index (χ1n) is 11.8. The van der Waals surface area contributed by atoms with Crippen LogP contribution < -0.4 is 37.9 Å². The maximum absolute atomic E-state index is 5.57. The van der Waals surface area contributed by atoms with Crippen molar-refractivity contribution in [3.8, 4) is 11.3 Å². The maximum Gasteiger partial charge on any atom is 0.169 e. The molecule has 0 spiro atoms. The number of aryl methyl sites for hydroxylation is 1. The lowest BCUT2D eigenvalue weighted by Crippen LogP contribution is -3.00. The van der Waals surface area contributed by atoms with E-state index < -0.39 is 0 Å². The summed E-state index contributed by atoms with van der Waals surface area (Å²) in [6.07, 6.45) is 15.8. The maximum atomic E-state index is 5.57. The Labute approximate surface area is 225 Å². The Hall–Kier alpha value is -1.87. The van der Waals surface area contributed by atoms with Gasteiger partial charge in [-0.1, -0.05) is 6.07 Å². The Morgan fingerprint density at radius 1 is 0.941 bits per heavy atom. The Morgan fingerprint density at radius 3 is 2.32 bits per heavy atom. The smallest absolute Gasteiger partial charge is 0.169 e. The molecule has 0 amide bonds. The average Bonchev–Trinajstić information content (AvgIpc) is 2.88. The Balaban J connectivity index is 0.000000321. The van der Waals surface area contributed by atoms with E-state index >= 15 is 0 Å². The van der Waals surface area contributed by atoms with Crippen LogP contribution in [0.1, 0.15) is 32.1 Å². The zero-order valence-corrected chi connectivity index (χ0v) is 23.1. The van der Waals surface area contributed by atoms with Crippen LogP contribution >= 0.6 is 17.0 Å². The van der Waals surface area contributed by atoms with Gasteiger partial charge >= 0.3 is 0 Å². The van der Waals surface area contributed by atoms with Gasteiger partial charge < -0.3 is 33.3 Å². The molecule has 1 aliphatic rings. The summed E-state index contributed by atoms with van der Waals surface area (Å²) in [6, 6.07) is 14.3. The fraction of sp³-hybridized carbons (Fsp3) is 0.423. The van der Waals surface area contributed by atoms with E-state index in [1.165, 1.54) is 38.0 Å². The zero-order valence-electron chi connectivity index (χ0n) is 19.8. The molecule has 4 heterocycles. The second-order valence-corrected chi connectivity index (χ2v) is 8.27. The third-order valence-corrected chi connectivity index (χ3v) is 5.84. The van der Waals surface area contributed by atoms with Gasteiger partial charge in [0.1, 0.15) is 6.54 Å². The van der Waals surface area contributed by atoms with Crippen LogP contribution in [0.2, 0.25) is 0 Å². The second kappa shape index (κ2) is 17.5. The average molecular weight is 594 g/mol. The van der Waals surface area contributed by atoms with Crippen LogP contribution in [0.25, 0.3) is 11.3 Å². The van der Waals surface area contributed by atoms with E-state index in [-0.39, 0.29) is 34.0 Å². The number of piperidine rings is 1. The van der Waals surface area contributed by atoms with Crippen LogP contribution in [0.3, 0.4) is 0 Å². The normalized spacial score (nSPS) is 14.8. The van der Waals surface area contributed by atoms with Crippen LogP contribution in [0.15, 0.2) is 73.4 Å². The largest absolute Gasteiger partial charge is 1.00 e. The summed E-state index contributed by atoms with van der Waals surface area (Å²) in [5.41, 5.74) is 14.5. The van der Waals surface area contributed by atoms with Gasteiger partial charge in [-0.2, -0.15) is 0 Å². The minimum Gasteiger partial charge on any atom is -1.00 e. The molecule has 1 unspecified atom stereocenters. The summed E-state index contributed by atoms with van der Waals surface area (Å²) in [5.74, 6) is 0.825. The van der Waals surface area contributed by atoms with Crippen molar-refractivity contribution in [2.45, 2.75) is 38.6 Å². The molecule has 8 heteroatoms. The number of hydrogen-bond acceptors (Lipinski definition) is 5. The molecule has 0 radical (unpaired) electrons. The first-order valence-corrected chi connectivity index (χ1v) is 11.8. The molecule has 0 saturated carbocycles. The van der Waals surface area contributed by atoms with Crippen molar-refractivity contribution in [3.05, 3.63) is 73.4 Å². The van der Waals surface area contributed by atoms with Gasteiger partial charge in [-0.05, 0) is 69.0 Å². The van der Waals surface area contributed by atoms with Gasteiger partial charge in [0.2, 0.25) is 0 Å². The van der Waals surface area contributed by atoms with Gasteiger partial charge in [-0.15, -0.1) is 17.0 Å². The van der Waals surface area contributed by atoms with Crippen molar-refractivity contribution in [3.63, 3.8) is 0 Å². The molecule has 0 bridgehead atoms. The van der Waals surface area contributed by atoms with E-state index in [9.17, 15) is 0 Å². The van der Waals surface area contributed by atoms with E-state index in [1.54, 1.807) is 0 Å². The minimum atomic E-state index is 0. The van der Waals surface area contributed by atoms with Crippen molar-refractivity contribution >= 4 is 22.7 Å². The van der Waals surface area contributed by atoms with Crippen LogP contribution in [-0.2, 0) is 6.54 Å². The SMILES string of the molecule is Br.NCCCC1CCCN(c2ccncc2)C1.NCCC[n+]1ccc(-c2ccccn2)cc1.[Br-]. The van der Waals surface area contributed by atoms with Crippen molar-refractivity contribution < 1.29 is 21.5 Å². The number of halogens is 2. The zero-order chi connectivity index (χ0) is 22.4. The standard InChI is InChI=1S/C13H21N3.C13H16N3.2BrH/c14-7-1-3-12-4-2-10-16(11-12)13-5-8-15-9-6-13;14-7-3-9-16-10-5-12(6-11-16)13-4-1-2-8-15-13;;/h5-6,8-9,12H,1-4,7,10-11,14H2;1-2,4-6,8,10-11H,3,7,9,14H2;2*1H/q;+1;;/p-1. The van der Waals surface area contributed by atoms with Crippen LogP contribution in [0, 0.1) is 5.92 Å².